The molecule has 7 heteroatoms. The van der Waals surface area contributed by atoms with Gasteiger partial charge in [-0.05, 0) is 56.4 Å². The maximum absolute atomic E-state index is 11.2. The molecule has 0 aromatic carbocycles. The minimum atomic E-state index is -0.237. The summed E-state index contributed by atoms with van der Waals surface area (Å²) in [4.78, 5) is 22.5. The normalized spacial score (nSPS) is 25.9. The van der Waals surface area contributed by atoms with Crippen molar-refractivity contribution in [3.63, 3.8) is 0 Å². The van der Waals surface area contributed by atoms with E-state index in [1.165, 1.54) is 10.4 Å². The van der Waals surface area contributed by atoms with E-state index in [1.807, 2.05) is 0 Å². The van der Waals surface area contributed by atoms with Gasteiger partial charge in [-0.15, -0.1) is 11.3 Å². The van der Waals surface area contributed by atoms with Crippen LogP contribution in [0.3, 0.4) is 0 Å². The Bertz CT molecular complexity index is 783. The number of rotatable bonds is 5. The van der Waals surface area contributed by atoms with Crippen LogP contribution in [0.1, 0.15) is 61.3 Å². The predicted molar refractivity (Wildman–Crippen MR) is 97.8 cm³/mol. The van der Waals surface area contributed by atoms with Gasteiger partial charge in [0, 0.05) is 17.3 Å². The molecule has 0 saturated heterocycles. The molecule has 2 aliphatic carbocycles. The topological polar surface area (TPSA) is 104 Å². The van der Waals surface area contributed by atoms with Crippen molar-refractivity contribution in [2.45, 2.75) is 69.4 Å². The maximum atomic E-state index is 11.2. The summed E-state index contributed by atoms with van der Waals surface area (Å²) in [5.41, 5.74) is 12.6. The molecule has 1 saturated carbocycles. The van der Waals surface area contributed by atoms with E-state index in [2.05, 4.69) is 9.97 Å². The Hall–Kier alpha value is -1.73. The minimum absolute atomic E-state index is 0.180. The Kier molecular flexibility index (Phi) is 4.60. The molecule has 6 nitrogen and oxygen atoms in total. The van der Waals surface area contributed by atoms with E-state index in [-0.39, 0.29) is 12.0 Å². The smallest absolute Gasteiger partial charge is 0.225 e. The highest BCUT2D eigenvalue weighted by atomic mass is 32.1. The standard InChI is InChI=1S/C18H24N4O2S/c19-11-3-5-12(6-4-11)24-17-16-15-10(2-8-14(20)23)1-7-13(15)25-18(16)22-9-21-17/h9-12H,1-8,19H2,(H2,20,23). The highest BCUT2D eigenvalue weighted by Crippen LogP contribution is 2.47. The molecular formula is C18H24N4O2S. The lowest BCUT2D eigenvalue weighted by Crippen LogP contribution is -2.31. The highest BCUT2D eigenvalue weighted by molar-refractivity contribution is 7.19. The van der Waals surface area contributed by atoms with Gasteiger partial charge in [0.25, 0.3) is 0 Å². The van der Waals surface area contributed by atoms with Gasteiger partial charge in [-0.2, -0.15) is 0 Å². The second-order valence-electron chi connectivity index (χ2n) is 7.19. The third-order valence-electron chi connectivity index (χ3n) is 5.43. The molecule has 2 aromatic rings. The third-order valence-corrected chi connectivity index (χ3v) is 6.61. The number of fused-ring (bicyclic) bond motifs is 3. The predicted octanol–water partition coefficient (Wildman–Crippen LogP) is 2.64. The summed E-state index contributed by atoms with van der Waals surface area (Å²) >= 11 is 1.73. The molecule has 1 amide bonds. The van der Waals surface area contributed by atoms with Gasteiger partial charge in [-0.25, -0.2) is 9.97 Å². The van der Waals surface area contributed by atoms with Crippen molar-refractivity contribution in [1.29, 1.82) is 0 Å². The number of hydrogen-bond donors (Lipinski definition) is 2. The Morgan fingerprint density at radius 1 is 1.24 bits per heavy atom. The fourth-order valence-electron chi connectivity index (χ4n) is 4.10. The fraction of sp³-hybridized carbons (Fsp3) is 0.611. The second kappa shape index (κ2) is 6.88. The summed E-state index contributed by atoms with van der Waals surface area (Å²) in [6.07, 6.45) is 9.05. The molecule has 2 aliphatic rings. The summed E-state index contributed by atoms with van der Waals surface area (Å²) in [7, 11) is 0. The van der Waals surface area contributed by atoms with Crippen LogP contribution in [-0.2, 0) is 11.2 Å². The van der Waals surface area contributed by atoms with Crippen LogP contribution in [0.15, 0.2) is 6.33 Å². The quantitative estimate of drug-likeness (QED) is 0.853. The molecular weight excluding hydrogens is 336 g/mol. The Balaban J connectivity index is 1.63. The molecule has 134 valence electrons. The van der Waals surface area contributed by atoms with Crippen LogP contribution in [0.5, 0.6) is 5.88 Å². The number of carbonyl (C=O) groups is 1. The summed E-state index contributed by atoms with van der Waals surface area (Å²) in [5, 5.41) is 1.06. The lowest BCUT2D eigenvalue weighted by molar-refractivity contribution is -0.118. The fourth-order valence-corrected chi connectivity index (χ4v) is 5.33. The zero-order valence-electron chi connectivity index (χ0n) is 14.2. The van der Waals surface area contributed by atoms with Crippen LogP contribution in [0.2, 0.25) is 0 Å². The van der Waals surface area contributed by atoms with Crippen LogP contribution in [-0.4, -0.2) is 28.0 Å². The molecule has 2 heterocycles. The summed E-state index contributed by atoms with van der Waals surface area (Å²) < 4.78 is 6.28. The van der Waals surface area contributed by atoms with Gasteiger partial charge in [-0.3, -0.25) is 4.79 Å². The Morgan fingerprint density at radius 3 is 2.80 bits per heavy atom. The van der Waals surface area contributed by atoms with Gasteiger partial charge in [0.05, 0.1) is 5.39 Å². The van der Waals surface area contributed by atoms with Crippen molar-refractivity contribution < 1.29 is 9.53 Å². The molecule has 0 radical (unpaired) electrons. The van der Waals surface area contributed by atoms with Crippen LogP contribution in [0.25, 0.3) is 10.2 Å². The SMILES string of the molecule is NC(=O)CCC1CCc2sc3ncnc(OC4CCC(N)CC4)c3c21. The van der Waals surface area contributed by atoms with Gasteiger partial charge >= 0.3 is 0 Å². The molecule has 0 aliphatic heterocycles. The number of carbonyl (C=O) groups excluding carboxylic acids is 1. The number of primary amides is 1. The number of thiophene rings is 1. The number of hydrogen-bond acceptors (Lipinski definition) is 6. The maximum Gasteiger partial charge on any atom is 0.225 e. The second-order valence-corrected chi connectivity index (χ2v) is 8.28. The lowest BCUT2D eigenvalue weighted by atomic mass is 9.93. The molecule has 4 N–H and O–H groups in total. The number of aromatic nitrogens is 2. The average molecular weight is 360 g/mol. The highest BCUT2D eigenvalue weighted by Gasteiger charge is 2.31. The monoisotopic (exact) mass is 360 g/mol. The molecule has 0 bridgehead atoms. The van der Waals surface area contributed by atoms with Crippen molar-refractivity contribution in [1.82, 2.24) is 9.97 Å². The van der Waals surface area contributed by atoms with Crippen LogP contribution in [0.4, 0.5) is 0 Å². The van der Waals surface area contributed by atoms with Crippen LogP contribution in [0, 0.1) is 0 Å². The zero-order chi connectivity index (χ0) is 17.4. The number of aryl methyl sites for hydroxylation is 1. The molecule has 2 aromatic heterocycles. The molecule has 1 unspecified atom stereocenters. The molecule has 1 atom stereocenters. The molecule has 1 fully saturated rings. The number of nitrogens with two attached hydrogens (primary N) is 2. The first kappa shape index (κ1) is 16.7. The Labute approximate surface area is 151 Å². The van der Waals surface area contributed by atoms with Crippen LogP contribution >= 0.6 is 11.3 Å². The lowest BCUT2D eigenvalue weighted by Gasteiger charge is -2.26. The summed E-state index contributed by atoms with van der Waals surface area (Å²) in [6, 6.07) is 0.300. The summed E-state index contributed by atoms with van der Waals surface area (Å²) in [6.45, 7) is 0. The van der Waals surface area contributed by atoms with E-state index in [0.717, 1.165) is 55.2 Å². The van der Waals surface area contributed by atoms with Crippen LogP contribution < -0.4 is 16.2 Å². The van der Waals surface area contributed by atoms with E-state index >= 15 is 0 Å². The minimum Gasteiger partial charge on any atom is -0.474 e. The summed E-state index contributed by atoms with van der Waals surface area (Å²) in [5.74, 6) is 0.817. The first-order valence-corrected chi connectivity index (χ1v) is 9.90. The van der Waals surface area contributed by atoms with Crippen molar-refractivity contribution in [3.05, 3.63) is 16.8 Å². The third kappa shape index (κ3) is 3.35. The van der Waals surface area contributed by atoms with Gasteiger partial charge < -0.3 is 16.2 Å². The average Bonchev–Trinajstić information content (AvgIpc) is 3.14. The largest absolute Gasteiger partial charge is 0.474 e. The van der Waals surface area contributed by atoms with E-state index < -0.39 is 0 Å². The van der Waals surface area contributed by atoms with E-state index in [0.29, 0.717) is 24.3 Å². The van der Waals surface area contributed by atoms with Crippen molar-refractivity contribution in [3.8, 4) is 5.88 Å². The zero-order valence-corrected chi connectivity index (χ0v) is 15.1. The number of amides is 1. The van der Waals surface area contributed by atoms with Crippen molar-refractivity contribution >= 4 is 27.5 Å². The number of nitrogens with zero attached hydrogens (tertiary/aromatic N) is 2. The van der Waals surface area contributed by atoms with E-state index in [4.69, 9.17) is 16.2 Å². The van der Waals surface area contributed by atoms with E-state index in [1.54, 1.807) is 17.7 Å². The molecule has 4 rings (SSSR count). The van der Waals surface area contributed by atoms with Gasteiger partial charge in [0.2, 0.25) is 11.8 Å². The van der Waals surface area contributed by atoms with Crippen molar-refractivity contribution in [2.24, 2.45) is 11.5 Å². The molecule has 25 heavy (non-hydrogen) atoms. The van der Waals surface area contributed by atoms with Crippen molar-refractivity contribution in [2.75, 3.05) is 0 Å². The first-order chi connectivity index (χ1) is 12.1. The Morgan fingerprint density at radius 2 is 2.04 bits per heavy atom. The van der Waals surface area contributed by atoms with Gasteiger partial charge in [0.15, 0.2) is 0 Å². The van der Waals surface area contributed by atoms with Gasteiger partial charge in [0.1, 0.15) is 17.3 Å². The van der Waals surface area contributed by atoms with Gasteiger partial charge in [-0.1, -0.05) is 0 Å². The first-order valence-electron chi connectivity index (χ1n) is 9.08. The number of ether oxygens (including phenoxy) is 1. The molecule has 0 spiro atoms. The van der Waals surface area contributed by atoms with E-state index in [9.17, 15) is 4.79 Å².